The predicted molar refractivity (Wildman–Crippen MR) is 68.7 cm³/mol. The molecule has 2 aromatic rings. The van der Waals surface area contributed by atoms with Gasteiger partial charge in [0.25, 0.3) is 0 Å². The highest BCUT2D eigenvalue weighted by molar-refractivity contribution is 5.42. The Kier molecular flexibility index (Phi) is 3.84. The van der Waals surface area contributed by atoms with Crippen LogP contribution in [-0.4, -0.2) is 23.8 Å². The van der Waals surface area contributed by atoms with E-state index >= 15 is 0 Å². The molecule has 2 N–H and O–H groups in total. The van der Waals surface area contributed by atoms with Crippen molar-refractivity contribution in [2.75, 3.05) is 14.2 Å². The molecule has 1 atom stereocenters. The molecule has 1 aromatic carbocycles. The molecule has 18 heavy (non-hydrogen) atoms. The number of nitrogens with zero attached hydrogens (tertiary/aromatic N) is 2. The lowest BCUT2D eigenvalue weighted by atomic mass is 10.1. The van der Waals surface area contributed by atoms with Gasteiger partial charge >= 0.3 is 0 Å². The van der Waals surface area contributed by atoms with Gasteiger partial charge in [0.2, 0.25) is 0 Å². The number of ether oxygens (including phenoxy) is 2. The summed E-state index contributed by atoms with van der Waals surface area (Å²) >= 11 is 0. The quantitative estimate of drug-likeness (QED) is 0.871. The van der Waals surface area contributed by atoms with E-state index in [4.69, 9.17) is 15.2 Å². The number of hydrogen-bond acceptors (Lipinski definition) is 4. The van der Waals surface area contributed by atoms with E-state index in [0.717, 1.165) is 17.1 Å². The normalized spacial score (nSPS) is 12.2. The number of aromatic nitrogens is 2. The van der Waals surface area contributed by atoms with Crippen molar-refractivity contribution in [2.24, 2.45) is 5.73 Å². The Hall–Kier alpha value is -2.01. The maximum Gasteiger partial charge on any atom is 0.127 e. The van der Waals surface area contributed by atoms with Gasteiger partial charge in [0, 0.05) is 30.6 Å². The number of benzene rings is 1. The van der Waals surface area contributed by atoms with E-state index in [1.807, 2.05) is 29.0 Å². The Labute approximate surface area is 106 Å². The smallest absolute Gasteiger partial charge is 0.127 e. The lowest BCUT2D eigenvalue weighted by molar-refractivity contribution is 0.386. The summed E-state index contributed by atoms with van der Waals surface area (Å²) in [5.41, 5.74) is 7.14. The number of hydrogen-bond donors (Lipinski definition) is 1. The molecule has 2 rings (SSSR count). The molecule has 96 valence electrons. The monoisotopic (exact) mass is 247 g/mol. The standard InChI is InChI=1S/C13H17N3O2/c1-17-10-3-4-11(13(7-10)18-2)12(14)8-16-6-5-15-9-16/h3-7,9,12H,8,14H2,1-2H3. The average molecular weight is 247 g/mol. The third-order valence-corrected chi connectivity index (χ3v) is 2.81. The molecule has 1 heterocycles. The molecule has 0 bridgehead atoms. The van der Waals surface area contributed by atoms with Crippen molar-refractivity contribution < 1.29 is 9.47 Å². The van der Waals surface area contributed by atoms with Crippen LogP contribution in [-0.2, 0) is 6.54 Å². The summed E-state index contributed by atoms with van der Waals surface area (Å²) in [5, 5.41) is 0. The van der Waals surface area contributed by atoms with Crippen LogP contribution >= 0.6 is 0 Å². The second kappa shape index (κ2) is 5.55. The van der Waals surface area contributed by atoms with Crippen LogP contribution in [0.5, 0.6) is 11.5 Å². The summed E-state index contributed by atoms with van der Waals surface area (Å²) in [6, 6.07) is 5.49. The molecule has 1 aromatic heterocycles. The fraction of sp³-hybridized carbons (Fsp3) is 0.308. The third kappa shape index (κ3) is 2.62. The highest BCUT2D eigenvalue weighted by Gasteiger charge is 2.13. The zero-order valence-corrected chi connectivity index (χ0v) is 10.5. The summed E-state index contributed by atoms with van der Waals surface area (Å²) < 4.78 is 12.4. The van der Waals surface area contributed by atoms with Crippen molar-refractivity contribution in [2.45, 2.75) is 12.6 Å². The molecule has 0 aliphatic heterocycles. The van der Waals surface area contributed by atoms with Gasteiger partial charge in [-0.3, -0.25) is 0 Å². The van der Waals surface area contributed by atoms with Crippen LogP contribution < -0.4 is 15.2 Å². The first-order chi connectivity index (χ1) is 8.74. The molecule has 5 nitrogen and oxygen atoms in total. The predicted octanol–water partition coefficient (Wildman–Crippen LogP) is 1.60. The van der Waals surface area contributed by atoms with Crippen molar-refractivity contribution in [1.29, 1.82) is 0 Å². The summed E-state index contributed by atoms with van der Waals surface area (Å²) in [6.45, 7) is 0.655. The van der Waals surface area contributed by atoms with E-state index in [9.17, 15) is 0 Å². The maximum atomic E-state index is 6.18. The number of rotatable bonds is 5. The van der Waals surface area contributed by atoms with Crippen molar-refractivity contribution >= 4 is 0 Å². The summed E-state index contributed by atoms with van der Waals surface area (Å²) in [6.07, 6.45) is 5.36. The van der Waals surface area contributed by atoms with Crippen LogP contribution in [0, 0.1) is 0 Å². The van der Waals surface area contributed by atoms with Crippen molar-refractivity contribution in [3.8, 4) is 11.5 Å². The molecule has 0 aliphatic carbocycles. The van der Waals surface area contributed by atoms with Gasteiger partial charge in [-0.1, -0.05) is 6.07 Å². The largest absolute Gasteiger partial charge is 0.497 e. The first kappa shape index (κ1) is 12.4. The first-order valence-electron chi connectivity index (χ1n) is 5.68. The Morgan fingerprint density at radius 1 is 1.33 bits per heavy atom. The minimum Gasteiger partial charge on any atom is -0.497 e. The summed E-state index contributed by atoms with van der Waals surface area (Å²) in [5.74, 6) is 1.49. The van der Waals surface area contributed by atoms with E-state index in [0.29, 0.717) is 6.54 Å². The van der Waals surface area contributed by atoms with E-state index in [1.54, 1.807) is 26.7 Å². The minimum atomic E-state index is -0.153. The van der Waals surface area contributed by atoms with Crippen LogP contribution in [0.3, 0.4) is 0 Å². The fourth-order valence-electron chi connectivity index (χ4n) is 1.84. The molecule has 0 amide bonds. The number of imidazole rings is 1. The van der Waals surface area contributed by atoms with Gasteiger partial charge in [-0.2, -0.15) is 0 Å². The van der Waals surface area contributed by atoms with Gasteiger partial charge in [0.15, 0.2) is 0 Å². The molecule has 1 unspecified atom stereocenters. The van der Waals surface area contributed by atoms with Crippen molar-refractivity contribution in [3.63, 3.8) is 0 Å². The third-order valence-electron chi connectivity index (χ3n) is 2.81. The molecule has 0 saturated carbocycles. The highest BCUT2D eigenvalue weighted by atomic mass is 16.5. The van der Waals surface area contributed by atoms with Crippen LogP contribution in [0.1, 0.15) is 11.6 Å². The molecule has 5 heteroatoms. The molecule has 0 saturated heterocycles. The Morgan fingerprint density at radius 2 is 2.17 bits per heavy atom. The second-order valence-corrected chi connectivity index (χ2v) is 3.97. The van der Waals surface area contributed by atoms with Crippen LogP contribution in [0.15, 0.2) is 36.9 Å². The zero-order chi connectivity index (χ0) is 13.0. The Morgan fingerprint density at radius 3 is 2.78 bits per heavy atom. The zero-order valence-electron chi connectivity index (χ0n) is 10.5. The molecule has 0 spiro atoms. The van der Waals surface area contributed by atoms with Crippen molar-refractivity contribution in [1.82, 2.24) is 9.55 Å². The van der Waals surface area contributed by atoms with Gasteiger partial charge in [-0.15, -0.1) is 0 Å². The fourth-order valence-corrected chi connectivity index (χ4v) is 1.84. The minimum absolute atomic E-state index is 0.153. The van der Waals surface area contributed by atoms with E-state index in [1.165, 1.54) is 0 Å². The summed E-state index contributed by atoms with van der Waals surface area (Å²) in [4.78, 5) is 4.00. The lowest BCUT2D eigenvalue weighted by Crippen LogP contribution is -2.17. The Balaban J connectivity index is 2.21. The van der Waals surface area contributed by atoms with Crippen LogP contribution in [0.2, 0.25) is 0 Å². The molecule has 0 fully saturated rings. The second-order valence-electron chi connectivity index (χ2n) is 3.97. The topological polar surface area (TPSA) is 62.3 Å². The molecule has 0 aliphatic rings. The summed E-state index contributed by atoms with van der Waals surface area (Å²) in [7, 11) is 3.25. The highest BCUT2D eigenvalue weighted by Crippen LogP contribution is 2.29. The number of methoxy groups -OCH3 is 2. The van der Waals surface area contributed by atoms with Gasteiger partial charge in [-0.25, -0.2) is 4.98 Å². The Bertz CT molecular complexity index is 497. The number of nitrogens with two attached hydrogens (primary N) is 1. The molecule has 0 radical (unpaired) electrons. The van der Waals surface area contributed by atoms with E-state index in [2.05, 4.69) is 4.98 Å². The van der Waals surface area contributed by atoms with Gasteiger partial charge in [-0.05, 0) is 6.07 Å². The van der Waals surface area contributed by atoms with E-state index in [-0.39, 0.29) is 6.04 Å². The SMILES string of the molecule is COc1ccc(C(N)Cn2ccnc2)c(OC)c1. The molecular weight excluding hydrogens is 230 g/mol. The van der Waals surface area contributed by atoms with Crippen LogP contribution in [0.25, 0.3) is 0 Å². The van der Waals surface area contributed by atoms with Gasteiger partial charge in [0.1, 0.15) is 11.5 Å². The van der Waals surface area contributed by atoms with Gasteiger partial charge in [0.05, 0.1) is 26.6 Å². The van der Waals surface area contributed by atoms with E-state index < -0.39 is 0 Å². The molecular formula is C13H17N3O2. The van der Waals surface area contributed by atoms with Crippen molar-refractivity contribution in [3.05, 3.63) is 42.5 Å². The van der Waals surface area contributed by atoms with Crippen LogP contribution in [0.4, 0.5) is 0 Å². The first-order valence-corrected chi connectivity index (χ1v) is 5.68. The van der Waals surface area contributed by atoms with Gasteiger partial charge < -0.3 is 19.8 Å². The average Bonchev–Trinajstić information content (AvgIpc) is 2.90. The lowest BCUT2D eigenvalue weighted by Gasteiger charge is -2.17. The maximum absolute atomic E-state index is 6.18.